The van der Waals surface area contributed by atoms with E-state index < -0.39 is 6.10 Å². The lowest BCUT2D eigenvalue weighted by atomic mass is 9.54. The molecule has 0 aliphatic heterocycles. The molecule has 3 nitrogen and oxygen atoms in total. The van der Waals surface area contributed by atoms with Crippen LogP contribution in [-0.4, -0.2) is 34.2 Å². The van der Waals surface area contributed by atoms with Crippen molar-refractivity contribution in [2.45, 2.75) is 54.6 Å². The van der Waals surface area contributed by atoms with Gasteiger partial charge in [-0.2, -0.15) is 0 Å². The van der Waals surface area contributed by atoms with E-state index in [1.165, 1.54) is 43.2 Å². The highest BCUT2D eigenvalue weighted by Crippen LogP contribution is 2.57. The molecule has 1 atom stereocenters. The summed E-state index contributed by atoms with van der Waals surface area (Å²) < 4.78 is 8.62. The smallest absolute Gasteiger partial charge is 0.151 e. The molecule has 0 amide bonds. The van der Waals surface area contributed by atoms with Gasteiger partial charge in [0, 0.05) is 5.75 Å². The predicted molar refractivity (Wildman–Crippen MR) is 103 cm³/mol. The van der Waals surface area contributed by atoms with Gasteiger partial charge >= 0.3 is 0 Å². The zero-order valence-electron chi connectivity index (χ0n) is 14.4. The number of aliphatic hydroxyl groups excluding tert-OH is 1. The van der Waals surface area contributed by atoms with Crippen LogP contribution < -0.4 is 0 Å². The summed E-state index contributed by atoms with van der Waals surface area (Å²) in [4.78, 5) is 4.63. The number of rotatable bonds is 6. The summed E-state index contributed by atoms with van der Waals surface area (Å²) in [5, 5.41) is 10.4. The Labute approximate surface area is 157 Å². The SMILES string of the molecule is OC(COC12CC3CC(CC(C3)C1)C2)CSc1nc2ccccc2s1. The van der Waals surface area contributed by atoms with Crippen LogP contribution in [0.2, 0.25) is 0 Å². The van der Waals surface area contributed by atoms with Crippen molar-refractivity contribution in [1.29, 1.82) is 0 Å². The summed E-state index contributed by atoms with van der Waals surface area (Å²) in [6, 6.07) is 8.21. The van der Waals surface area contributed by atoms with Gasteiger partial charge in [0.25, 0.3) is 0 Å². The van der Waals surface area contributed by atoms with Crippen molar-refractivity contribution in [3.63, 3.8) is 0 Å². The van der Waals surface area contributed by atoms with Crippen LogP contribution in [-0.2, 0) is 4.74 Å². The van der Waals surface area contributed by atoms with Crippen LogP contribution in [0.5, 0.6) is 0 Å². The number of thioether (sulfide) groups is 1. The molecule has 134 valence electrons. The van der Waals surface area contributed by atoms with Crippen molar-refractivity contribution in [3.05, 3.63) is 24.3 Å². The molecule has 1 heterocycles. The topological polar surface area (TPSA) is 42.4 Å². The van der Waals surface area contributed by atoms with E-state index in [0.717, 1.165) is 27.6 Å². The molecular formula is C20H25NO2S2. The minimum absolute atomic E-state index is 0.0935. The van der Waals surface area contributed by atoms with Crippen molar-refractivity contribution < 1.29 is 9.84 Å². The van der Waals surface area contributed by atoms with Crippen LogP contribution in [0.25, 0.3) is 10.2 Å². The molecule has 6 rings (SSSR count). The molecule has 4 bridgehead atoms. The molecule has 0 spiro atoms. The lowest BCUT2D eigenvalue weighted by molar-refractivity contribution is -0.173. The molecule has 1 aromatic carbocycles. The monoisotopic (exact) mass is 375 g/mol. The molecule has 25 heavy (non-hydrogen) atoms. The summed E-state index contributed by atoms with van der Waals surface area (Å²) in [6.45, 7) is 0.476. The number of benzene rings is 1. The molecule has 5 heteroatoms. The Kier molecular flexibility index (Phi) is 4.32. The van der Waals surface area contributed by atoms with E-state index in [4.69, 9.17) is 4.74 Å². The highest BCUT2D eigenvalue weighted by atomic mass is 32.2. The Morgan fingerprint density at radius 3 is 2.52 bits per heavy atom. The molecule has 1 aromatic heterocycles. The quantitative estimate of drug-likeness (QED) is 0.741. The van der Waals surface area contributed by atoms with Crippen molar-refractivity contribution in [3.8, 4) is 0 Å². The average Bonchev–Trinajstić information content (AvgIpc) is 3.00. The molecule has 4 aliphatic rings. The highest BCUT2D eigenvalue weighted by Gasteiger charge is 2.51. The summed E-state index contributed by atoms with van der Waals surface area (Å²) in [5.41, 5.74) is 1.14. The second-order valence-corrected chi connectivity index (χ2v) is 10.6. The second kappa shape index (κ2) is 6.52. The van der Waals surface area contributed by atoms with E-state index >= 15 is 0 Å². The maximum atomic E-state index is 10.4. The third-order valence-corrected chi connectivity index (χ3v) is 8.56. The predicted octanol–water partition coefficient (Wildman–Crippen LogP) is 4.73. The van der Waals surface area contributed by atoms with Crippen LogP contribution in [0, 0.1) is 17.8 Å². The number of hydrogen-bond donors (Lipinski definition) is 1. The van der Waals surface area contributed by atoms with Gasteiger partial charge in [0.15, 0.2) is 4.34 Å². The van der Waals surface area contributed by atoms with Gasteiger partial charge in [-0.05, 0) is 68.4 Å². The Bertz CT molecular complexity index is 691. The Morgan fingerprint density at radius 1 is 1.16 bits per heavy atom. The van der Waals surface area contributed by atoms with Gasteiger partial charge in [0.1, 0.15) is 0 Å². The van der Waals surface area contributed by atoms with Gasteiger partial charge < -0.3 is 9.84 Å². The van der Waals surface area contributed by atoms with E-state index in [1.807, 2.05) is 18.2 Å². The molecule has 4 fully saturated rings. The number of aliphatic hydroxyl groups is 1. The van der Waals surface area contributed by atoms with Gasteiger partial charge in [0.05, 0.1) is 28.5 Å². The fraction of sp³-hybridized carbons (Fsp3) is 0.650. The van der Waals surface area contributed by atoms with Gasteiger partial charge in [-0.15, -0.1) is 11.3 Å². The zero-order chi connectivity index (χ0) is 16.9. The number of fused-ring (bicyclic) bond motifs is 1. The van der Waals surface area contributed by atoms with Gasteiger partial charge in [0.2, 0.25) is 0 Å². The lowest BCUT2D eigenvalue weighted by Gasteiger charge is -2.56. The largest absolute Gasteiger partial charge is 0.390 e. The molecule has 4 aliphatic carbocycles. The van der Waals surface area contributed by atoms with Gasteiger partial charge in [-0.1, -0.05) is 23.9 Å². The molecule has 4 saturated carbocycles. The molecule has 0 saturated heterocycles. The molecule has 1 N–H and O–H groups in total. The van der Waals surface area contributed by atoms with E-state index in [1.54, 1.807) is 23.1 Å². The van der Waals surface area contributed by atoms with Crippen LogP contribution in [0.3, 0.4) is 0 Å². The molecule has 1 unspecified atom stereocenters. The number of para-hydroxylation sites is 1. The standard InChI is InChI=1S/C20H25NO2S2/c22-16(12-24-19-21-17-3-1-2-4-18(17)25-19)11-23-20-8-13-5-14(9-20)7-15(6-13)10-20/h1-4,13-16,22H,5-12H2. The van der Waals surface area contributed by atoms with Crippen molar-refractivity contribution in [2.24, 2.45) is 17.8 Å². The third kappa shape index (κ3) is 3.36. The van der Waals surface area contributed by atoms with Gasteiger partial charge in [-0.3, -0.25) is 0 Å². The number of thiazole rings is 1. The number of nitrogens with zero attached hydrogens (tertiary/aromatic N) is 1. The molecular weight excluding hydrogens is 350 g/mol. The van der Waals surface area contributed by atoms with E-state index in [0.29, 0.717) is 12.4 Å². The summed E-state index contributed by atoms with van der Waals surface area (Å²) >= 11 is 3.35. The second-order valence-electron chi connectivity index (χ2n) is 8.32. The third-order valence-electron chi connectivity index (χ3n) is 6.24. The summed E-state index contributed by atoms with van der Waals surface area (Å²) in [5.74, 6) is 3.33. The Morgan fingerprint density at radius 2 is 1.84 bits per heavy atom. The molecule has 2 aromatic rings. The van der Waals surface area contributed by atoms with E-state index in [2.05, 4.69) is 11.1 Å². The van der Waals surface area contributed by atoms with E-state index in [-0.39, 0.29) is 5.60 Å². The van der Waals surface area contributed by atoms with Crippen LogP contribution in [0.1, 0.15) is 38.5 Å². The highest BCUT2D eigenvalue weighted by molar-refractivity contribution is 8.01. The zero-order valence-corrected chi connectivity index (χ0v) is 16.0. The maximum absolute atomic E-state index is 10.4. The first-order valence-corrected chi connectivity index (χ1v) is 11.3. The van der Waals surface area contributed by atoms with Crippen LogP contribution in [0.4, 0.5) is 0 Å². The van der Waals surface area contributed by atoms with Crippen LogP contribution >= 0.6 is 23.1 Å². The number of ether oxygens (including phenoxy) is 1. The first-order valence-electron chi connectivity index (χ1n) is 9.48. The number of hydrogen-bond acceptors (Lipinski definition) is 5. The molecule has 0 radical (unpaired) electrons. The van der Waals surface area contributed by atoms with Gasteiger partial charge in [-0.25, -0.2) is 4.98 Å². The van der Waals surface area contributed by atoms with E-state index in [9.17, 15) is 5.11 Å². The average molecular weight is 376 g/mol. The van der Waals surface area contributed by atoms with Crippen molar-refractivity contribution in [1.82, 2.24) is 4.98 Å². The maximum Gasteiger partial charge on any atom is 0.151 e. The fourth-order valence-electron chi connectivity index (χ4n) is 5.61. The Balaban J connectivity index is 1.15. The van der Waals surface area contributed by atoms with Crippen molar-refractivity contribution in [2.75, 3.05) is 12.4 Å². The number of aromatic nitrogens is 1. The normalized spacial score (nSPS) is 34.7. The minimum Gasteiger partial charge on any atom is -0.390 e. The minimum atomic E-state index is -0.412. The summed E-state index contributed by atoms with van der Waals surface area (Å²) in [7, 11) is 0. The van der Waals surface area contributed by atoms with Crippen molar-refractivity contribution >= 4 is 33.3 Å². The summed E-state index contributed by atoms with van der Waals surface area (Å²) in [6.07, 6.45) is 7.57. The fourth-order valence-corrected chi connectivity index (χ4v) is 7.61. The lowest BCUT2D eigenvalue weighted by Crippen LogP contribution is -2.52. The van der Waals surface area contributed by atoms with Crippen LogP contribution in [0.15, 0.2) is 28.6 Å². The Hall–Kier alpha value is -0.620. The first-order chi connectivity index (χ1) is 12.2. The first kappa shape index (κ1) is 16.5.